The van der Waals surface area contributed by atoms with Crippen molar-refractivity contribution >= 4 is 17.8 Å². The summed E-state index contributed by atoms with van der Waals surface area (Å²) in [6.45, 7) is 0.0669. The predicted molar refractivity (Wildman–Crippen MR) is 76.7 cm³/mol. The first-order valence-corrected chi connectivity index (χ1v) is 6.88. The maximum absolute atomic E-state index is 11.8. The zero-order valence-electron chi connectivity index (χ0n) is 11.9. The summed E-state index contributed by atoms with van der Waals surface area (Å²) in [5.41, 5.74) is 0.780. The number of hydrogen-bond acceptors (Lipinski definition) is 6. The van der Waals surface area contributed by atoms with Crippen LogP contribution in [0.15, 0.2) is 34.9 Å². The number of aromatic nitrogens is 2. The maximum atomic E-state index is 11.8. The standard InChI is InChI=1S/C14H13N5O4/c20-11(6-9-12(21)18-14(22)16-9)15-7-10-17-13(23-19-10)8-4-2-1-3-5-8/h1-5,9H,6-7H2,(H,15,20)(H2,16,18,21,22). The highest BCUT2D eigenvalue weighted by atomic mass is 16.5. The van der Waals surface area contributed by atoms with Gasteiger partial charge in [-0.1, -0.05) is 23.4 Å². The Kier molecular flexibility index (Phi) is 4.00. The number of carbonyl (C=O) groups is 3. The molecule has 3 rings (SSSR count). The number of benzene rings is 1. The average Bonchev–Trinajstić information content (AvgIpc) is 3.13. The summed E-state index contributed by atoms with van der Waals surface area (Å²) in [5.74, 6) is -0.246. The molecule has 4 amide bonds. The van der Waals surface area contributed by atoms with Crippen molar-refractivity contribution in [2.45, 2.75) is 19.0 Å². The van der Waals surface area contributed by atoms with Crippen LogP contribution in [0, 0.1) is 0 Å². The molecule has 2 heterocycles. The molecule has 9 nitrogen and oxygen atoms in total. The summed E-state index contributed by atoms with van der Waals surface area (Å²) in [4.78, 5) is 38.2. The number of urea groups is 1. The number of nitrogens with zero attached hydrogens (tertiary/aromatic N) is 2. The molecule has 0 saturated carbocycles. The molecule has 1 aromatic carbocycles. The van der Waals surface area contributed by atoms with Gasteiger partial charge in [0.25, 0.3) is 11.8 Å². The molecule has 1 aliphatic heterocycles. The third-order valence-corrected chi connectivity index (χ3v) is 3.18. The molecule has 0 radical (unpaired) electrons. The minimum atomic E-state index is -0.854. The highest BCUT2D eigenvalue weighted by Crippen LogP contribution is 2.15. The number of amides is 4. The summed E-state index contributed by atoms with van der Waals surface area (Å²) in [6.07, 6.45) is -0.152. The lowest BCUT2D eigenvalue weighted by Crippen LogP contribution is -2.36. The fraction of sp³-hybridized carbons (Fsp3) is 0.214. The number of carbonyl (C=O) groups excluding carboxylic acids is 3. The Balaban J connectivity index is 1.53. The van der Waals surface area contributed by atoms with E-state index in [0.717, 1.165) is 5.56 Å². The van der Waals surface area contributed by atoms with Crippen molar-refractivity contribution in [3.63, 3.8) is 0 Å². The van der Waals surface area contributed by atoms with Gasteiger partial charge >= 0.3 is 6.03 Å². The van der Waals surface area contributed by atoms with E-state index in [2.05, 4.69) is 26.1 Å². The monoisotopic (exact) mass is 315 g/mol. The van der Waals surface area contributed by atoms with Crippen LogP contribution in [0.4, 0.5) is 4.79 Å². The van der Waals surface area contributed by atoms with Crippen LogP contribution in [-0.2, 0) is 16.1 Å². The summed E-state index contributed by atoms with van der Waals surface area (Å²) >= 11 is 0. The Morgan fingerprint density at radius 2 is 2.04 bits per heavy atom. The number of imide groups is 1. The molecule has 1 saturated heterocycles. The molecular formula is C14H13N5O4. The van der Waals surface area contributed by atoms with Crippen molar-refractivity contribution < 1.29 is 18.9 Å². The molecule has 1 aliphatic rings. The molecule has 1 aromatic heterocycles. The number of rotatable bonds is 5. The van der Waals surface area contributed by atoms with Crippen molar-refractivity contribution in [3.8, 4) is 11.5 Å². The molecule has 118 valence electrons. The van der Waals surface area contributed by atoms with Crippen LogP contribution in [0.25, 0.3) is 11.5 Å². The van der Waals surface area contributed by atoms with Gasteiger partial charge in [0.05, 0.1) is 13.0 Å². The number of hydrogen-bond donors (Lipinski definition) is 3. The van der Waals surface area contributed by atoms with Crippen LogP contribution in [0.1, 0.15) is 12.2 Å². The quantitative estimate of drug-likeness (QED) is 0.664. The second kappa shape index (κ2) is 6.26. The van der Waals surface area contributed by atoms with Gasteiger partial charge in [-0.05, 0) is 12.1 Å². The molecule has 0 aliphatic carbocycles. The van der Waals surface area contributed by atoms with E-state index in [0.29, 0.717) is 11.7 Å². The van der Waals surface area contributed by atoms with E-state index < -0.39 is 23.9 Å². The third-order valence-electron chi connectivity index (χ3n) is 3.18. The first-order valence-electron chi connectivity index (χ1n) is 6.88. The molecule has 9 heteroatoms. The van der Waals surface area contributed by atoms with Crippen molar-refractivity contribution in [1.29, 1.82) is 0 Å². The molecule has 1 atom stereocenters. The van der Waals surface area contributed by atoms with Crippen LogP contribution in [0.3, 0.4) is 0 Å². The molecule has 1 unspecified atom stereocenters. The summed E-state index contributed by atoms with van der Waals surface area (Å²) in [7, 11) is 0. The largest absolute Gasteiger partial charge is 0.349 e. The lowest BCUT2D eigenvalue weighted by Gasteiger charge is -2.06. The Morgan fingerprint density at radius 1 is 1.26 bits per heavy atom. The van der Waals surface area contributed by atoms with Gasteiger partial charge in [-0.3, -0.25) is 14.9 Å². The zero-order chi connectivity index (χ0) is 16.2. The van der Waals surface area contributed by atoms with Crippen molar-refractivity contribution in [3.05, 3.63) is 36.2 Å². The molecule has 1 fully saturated rings. The van der Waals surface area contributed by atoms with Gasteiger partial charge in [0.15, 0.2) is 5.82 Å². The van der Waals surface area contributed by atoms with Crippen LogP contribution in [0.5, 0.6) is 0 Å². The van der Waals surface area contributed by atoms with Gasteiger partial charge in [0, 0.05) is 5.56 Å². The molecule has 2 aromatic rings. The van der Waals surface area contributed by atoms with Crippen molar-refractivity contribution in [2.24, 2.45) is 0 Å². The molecule has 3 N–H and O–H groups in total. The normalized spacial score (nSPS) is 16.8. The molecule has 23 heavy (non-hydrogen) atoms. The van der Waals surface area contributed by atoms with Gasteiger partial charge in [-0.2, -0.15) is 4.98 Å². The first-order chi connectivity index (χ1) is 11.1. The Bertz CT molecular complexity index is 743. The van der Waals surface area contributed by atoms with Gasteiger partial charge in [0.2, 0.25) is 5.91 Å². The van der Waals surface area contributed by atoms with E-state index in [1.807, 2.05) is 30.3 Å². The van der Waals surface area contributed by atoms with E-state index in [4.69, 9.17) is 4.52 Å². The highest BCUT2D eigenvalue weighted by molar-refractivity contribution is 6.05. The Morgan fingerprint density at radius 3 is 2.74 bits per heavy atom. The fourth-order valence-corrected chi connectivity index (χ4v) is 2.06. The minimum Gasteiger partial charge on any atom is -0.349 e. The lowest BCUT2D eigenvalue weighted by atomic mass is 10.2. The van der Waals surface area contributed by atoms with Crippen LogP contribution in [0.2, 0.25) is 0 Å². The number of nitrogens with one attached hydrogen (secondary N) is 3. The van der Waals surface area contributed by atoms with Gasteiger partial charge < -0.3 is 15.2 Å². The molecular weight excluding hydrogens is 302 g/mol. The van der Waals surface area contributed by atoms with E-state index in [1.165, 1.54) is 0 Å². The summed E-state index contributed by atoms with van der Waals surface area (Å²) < 4.78 is 5.11. The lowest BCUT2D eigenvalue weighted by molar-refractivity contribution is -0.126. The third kappa shape index (κ3) is 3.51. The van der Waals surface area contributed by atoms with Crippen molar-refractivity contribution in [2.75, 3.05) is 0 Å². The maximum Gasteiger partial charge on any atom is 0.322 e. The van der Waals surface area contributed by atoms with Crippen molar-refractivity contribution in [1.82, 2.24) is 26.1 Å². The zero-order valence-corrected chi connectivity index (χ0v) is 11.9. The SMILES string of the molecule is O=C(CC1NC(=O)NC1=O)NCc1noc(-c2ccccc2)n1. The molecule has 0 spiro atoms. The Hall–Kier alpha value is -3.23. The predicted octanol–water partition coefficient (Wildman–Crippen LogP) is -0.0491. The van der Waals surface area contributed by atoms with E-state index in [9.17, 15) is 14.4 Å². The van der Waals surface area contributed by atoms with Crippen LogP contribution >= 0.6 is 0 Å². The Labute approximate surface area is 130 Å². The van der Waals surface area contributed by atoms with E-state index in [1.54, 1.807) is 0 Å². The minimum absolute atomic E-state index is 0.0669. The summed E-state index contributed by atoms with van der Waals surface area (Å²) in [6, 6.07) is 7.78. The van der Waals surface area contributed by atoms with Gasteiger partial charge in [0.1, 0.15) is 6.04 Å². The topological polar surface area (TPSA) is 126 Å². The van der Waals surface area contributed by atoms with Crippen LogP contribution < -0.4 is 16.0 Å². The van der Waals surface area contributed by atoms with Gasteiger partial charge in [-0.25, -0.2) is 4.79 Å². The first kappa shape index (κ1) is 14.7. The van der Waals surface area contributed by atoms with E-state index in [-0.39, 0.29) is 13.0 Å². The molecule has 0 bridgehead atoms. The van der Waals surface area contributed by atoms with Crippen LogP contribution in [-0.4, -0.2) is 34.0 Å². The average molecular weight is 315 g/mol. The summed E-state index contributed by atoms with van der Waals surface area (Å²) in [5, 5.41) is 10.8. The second-order valence-electron chi connectivity index (χ2n) is 4.88. The second-order valence-corrected chi connectivity index (χ2v) is 4.88. The van der Waals surface area contributed by atoms with Gasteiger partial charge in [-0.15, -0.1) is 0 Å². The fourth-order valence-electron chi connectivity index (χ4n) is 2.06. The highest BCUT2D eigenvalue weighted by Gasteiger charge is 2.31. The van der Waals surface area contributed by atoms with E-state index >= 15 is 0 Å². The smallest absolute Gasteiger partial charge is 0.322 e.